The van der Waals surface area contributed by atoms with Crippen LogP contribution in [0, 0.1) is 0 Å². The molecule has 0 aliphatic carbocycles. The summed E-state index contributed by atoms with van der Waals surface area (Å²) in [6.45, 7) is 0. The van der Waals surface area contributed by atoms with Gasteiger partial charge in [0.2, 0.25) is 0 Å². The molecule has 2 aliphatic heterocycles. The van der Waals surface area contributed by atoms with E-state index in [0.717, 1.165) is 12.8 Å². The molecule has 2 rings (SSSR count). The maximum Gasteiger partial charge on any atom is 0.0570 e. The molecule has 2 heterocycles. The number of fused-ring (bicyclic) bond motifs is 2. The van der Waals surface area contributed by atoms with Gasteiger partial charge in [-0.3, -0.25) is 0 Å². The lowest BCUT2D eigenvalue weighted by Crippen LogP contribution is -2.41. The van der Waals surface area contributed by atoms with E-state index in [0.29, 0.717) is 12.1 Å². The highest BCUT2D eigenvalue weighted by Crippen LogP contribution is 2.33. The van der Waals surface area contributed by atoms with Crippen molar-refractivity contribution in [2.24, 2.45) is 0 Å². The average molecular weight is 159 g/mol. The Morgan fingerprint density at radius 3 is 2.09 bits per heavy atom. The molecule has 3 heteroatoms. The summed E-state index contributed by atoms with van der Waals surface area (Å²) >= 11 is 0. The molecule has 0 saturated carbocycles. The maximum absolute atomic E-state index is 9.38. The minimum atomic E-state index is -0.00583. The molecule has 3 atom stereocenters. The van der Waals surface area contributed by atoms with Crippen molar-refractivity contribution in [2.75, 3.05) is 7.05 Å². The molecule has 0 spiro atoms. The van der Waals surface area contributed by atoms with Gasteiger partial charge in [-0.15, -0.1) is 0 Å². The third kappa shape index (κ3) is 1.41. The third-order valence-electron chi connectivity index (χ3n) is 3.07. The lowest BCUT2D eigenvalue weighted by Gasteiger charge is -2.33. The molecule has 2 bridgehead atoms. The van der Waals surface area contributed by atoms with Gasteiger partial charge < -0.3 is 15.5 Å². The SMILES string of the molecule is CN1[C@@H]2CC[C@H]1CC(O)C2.O. The van der Waals surface area contributed by atoms with Crippen LogP contribution in [0.1, 0.15) is 25.7 Å². The fourth-order valence-corrected chi connectivity index (χ4v) is 2.38. The van der Waals surface area contributed by atoms with Gasteiger partial charge in [-0.1, -0.05) is 0 Å². The molecule has 0 aromatic heterocycles. The number of hydrogen-bond acceptors (Lipinski definition) is 2. The Bertz CT molecular complexity index is 126. The number of hydrogen-bond donors (Lipinski definition) is 1. The lowest BCUT2D eigenvalue weighted by molar-refractivity contribution is 0.0503. The molecule has 0 aromatic rings. The quantitative estimate of drug-likeness (QED) is 0.531. The third-order valence-corrected chi connectivity index (χ3v) is 3.07. The Kier molecular flexibility index (Phi) is 2.52. The second kappa shape index (κ2) is 3.09. The largest absolute Gasteiger partial charge is 0.412 e. The van der Waals surface area contributed by atoms with Crippen molar-refractivity contribution in [3.63, 3.8) is 0 Å². The van der Waals surface area contributed by atoms with Gasteiger partial charge in [0.05, 0.1) is 6.10 Å². The van der Waals surface area contributed by atoms with Crippen LogP contribution in [0.4, 0.5) is 0 Å². The van der Waals surface area contributed by atoms with Crippen molar-refractivity contribution in [1.29, 1.82) is 0 Å². The van der Waals surface area contributed by atoms with Crippen LogP contribution in [-0.4, -0.2) is 40.7 Å². The zero-order valence-corrected chi connectivity index (χ0v) is 6.95. The van der Waals surface area contributed by atoms with Crippen LogP contribution in [0.5, 0.6) is 0 Å². The summed E-state index contributed by atoms with van der Waals surface area (Å²) in [7, 11) is 2.19. The summed E-state index contributed by atoms with van der Waals surface area (Å²) in [5, 5.41) is 9.38. The van der Waals surface area contributed by atoms with Gasteiger partial charge in [0.25, 0.3) is 0 Å². The highest BCUT2D eigenvalue weighted by Gasteiger charge is 2.37. The number of aliphatic hydroxyl groups is 1. The van der Waals surface area contributed by atoms with E-state index in [2.05, 4.69) is 11.9 Å². The van der Waals surface area contributed by atoms with Crippen LogP contribution in [0.3, 0.4) is 0 Å². The molecule has 2 saturated heterocycles. The molecule has 0 aromatic carbocycles. The Hall–Kier alpha value is -0.120. The Labute approximate surface area is 67.3 Å². The highest BCUT2D eigenvalue weighted by atomic mass is 16.3. The first-order valence-electron chi connectivity index (χ1n) is 4.17. The first-order valence-corrected chi connectivity index (χ1v) is 4.17. The van der Waals surface area contributed by atoms with Crippen molar-refractivity contribution in [3.8, 4) is 0 Å². The fourth-order valence-electron chi connectivity index (χ4n) is 2.38. The van der Waals surface area contributed by atoms with Crippen molar-refractivity contribution in [2.45, 2.75) is 43.9 Å². The maximum atomic E-state index is 9.38. The van der Waals surface area contributed by atoms with Crippen molar-refractivity contribution in [3.05, 3.63) is 0 Å². The molecule has 1 unspecified atom stereocenters. The summed E-state index contributed by atoms with van der Waals surface area (Å²) in [5.41, 5.74) is 0. The second-order valence-electron chi connectivity index (χ2n) is 3.68. The number of aliphatic hydroxyl groups excluding tert-OH is 1. The molecule has 0 radical (unpaired) electrons. The molecule has 2 aliphatic rings. The Morgan fingerprint density at radius 2 is 1.64 bits per heavy atom. The molecule has 0 amide bonds. The first-order chi connectivity index (χ1) is 4.77. The van der Waals surface area contributed by atoms with Crippen LogP contribution < -0.4 is 0 Å². The fraction of sp³-hybridized carbons (Fsp3) is 1.00. The van der Waals surface area contributed by atoms with Gasteiger partial charge in [-0.05, 0) is 32.7 Å². The molecule has 2 fully saturated rings. The van der Waals surface area contributed by atoms with Gasteiger partial charge in [-0.2, -0.15) is 0 Å². The number of nitrogens with zero attached hydrogens (tertiary/aromatic N) is 1. The monoisotopic (exact) mass is 159 g/mol. The van der Waals surface area contributed by atoms with Crippen LogP contribution in [0.15, 0.2) is 0 Å². The molecule has 11 heavy (non-hydrogen) atoms. The van der Waals surface area contributed by atoms with E-state index >= 15 is 0 Å². The lowest BCUT2D eigenvalue weighted by atomic mass is 10.0. The topological polar surface area (TPSA) is 55.0 Å². The summed E-state index contributed by atoms with van der Waals surface area (Å²) in [6.07, 6.45) is 4.62. The van der Waals surface area contributed by atoms with Crippen LogP contribution >= 0.6 is 0 Å². The van der Waals surface area contributed by atoms with E-state index < -0.39 is 0 Å². The van der Waals surface area contributed by atoms with Crippen molar-refractivity contribution < 1.29 is 10.6 Å². The zero-order chi connectivity index (χ0) is 7.14. The molecule has 3 N–H and O–H groups in total. The van der Waals surface area contributed by atoms with Crippen LogP contribution in [0.25, 0.3) is 0 Å². The predicted molar refractivity (Wildman–Crippen MR) is 43.4 cm³/mol. The Balaban J connectivity index is 0.000000605. The smallest absolute Gasteiger partial charge is 0.0570 e. The predicted octanol–water partition coefficient (Wildman–Crippen LogP) is -0.221. The zero-order valence-electron chi connectivity index (χ0n) is 6.95. The van der Waals surface area contributed by atoms with E-state index in [1.54, 1.807) is 0 Å². The van der Waals surface area contributed by atoms with Gasteiger partial charge in [-0.25, -0.2) is 0 Å². The van der Waals surface area contributed by atoms with Gasteiger partial charge in [0, 0.05) is 12.1 Å². The minimum absolute atomic E-state index is 0. The second-order valence-corrected chi connectivity index (χ2v) is 3.68. The van der Waals surface area contributed by atoms with Crippen LogP contribution in [-0.2, 0) is 0 Å². The molecular weight excluding hydrogens is 142 g/mol. The Morgan fingerprint density at radius 1 is 1.18 bits per heavy atom. The first kappa shape index (κ1) is 8.97. The average Bonchev–Trinajstić information content (AvgIpc) is 2.20. The standard InChI is InChI=1S/C8H15NO.H2O/c1-9-6-2-3-7(9)5-8(10)4-6;/h6-8,10H,2-5H2,1H3;1H2/t6-,7+,8?;. The number of piperidine rings is 1. The summed E-state index contributed by atoms with van der Waals surface area (Å²) in [5.74, 6) is 0. The highest BCUT2D eigenvalue weighted by molar-refractivity contribution is 4.93. The van der Waals surface area contributed by atoms with Gasteiger partial charge in [0.15, 0.2) is 0 Å². The van der Waals surface area contributed by atoms with E-state index in [4.69, 9.17) is 0 Å². The van der Waals surface area contributed by atoms with E-state index in [1.807, 2.05) is 0 Å². The van der Waals surface area contributed by atoms with Crippen molar-refractivity contribution in [1.82, 2.24) is 4.90 Å². The van der Waals surface area contributed by atoms with Crippen LogP contribution in [0.2, 0.25) is 0 Å². The van der Waals surface area contributed by atoms with E-state index in [1.165, 1.54) is 12.8 Å². The minimum Gasteiger partial charge on any atom is -0.412 e. The summed E-state index contributed by atoms with van der Waals surface area (Å²) in [6, 6.07) is 1.38. The summed E-state index contributed by atoms with van der Waals surface area (Å²) in [4.78, 5) is 2.44. The van der Waals surface area contributed by atoms with Gasteiger partial charge in [0.1, 0.15) is 0 Å². The van der Waals surface area contributed by atoms with E-state index in [9.17, 15) is 5.11 Å². The van der Waals surface area contributed by atoms with Gasteiger partial charge >= 0.3 is 0 Å². The normalized spacial score (nSPS) is 43.6. The molecular formula is C8H17NO2. The van der Waals surface area contributed by atoms with E-state index in [-0.39, 0.29) is 11.6 Å². The molecule has 66 valence electrons. The number of rotatable bonds is 0. The molecule has 3 nitrogen and oxygen atoms in total. The van der Waals surface area contributed by atoms with Crippen molar-refractivity contribution >= 4 is 0 Å². The summed E-state index contributed by atoms with van der Waals surface area (Å²) < 4.78 is 0.